The number of sulfonamides is 1. The molecule has 2 heterocycles. The Balaban J connectivity index is 1.36. The monoisotopic (exact) mass is 478 g/mol. The zero-order valence-corrected chi connectivity index (χ0v) is 19.4. The maximum absolute atomic E-state index is 12.9. The second-order valence-electron chi connectivity index (χ2n) is 8.07. The Morgan fingerprint density at radius 1 is 0.941 bits per heavy atom. The minimum atomic E-state index is -3.57. The molecule has 0 saturated carbocycles. The highest BCUT2D eigenvalue weighted by Gasteiger charge is 2.32. The van der Waals surface area contributed by atoms with Crippen molar-refractivity contribution in [3.63, 3.8) is 0 Å². The Hall–Kier alpha value is -3.56. The zero-order chi connectivity index (χ0) is 24.0. The SMILES string of the molecule is O=C(NCc1cccnc1)c1ccccc1NC(=O)C1CCN(S(=O)(=O)c2ccccc2)CC1. The van der Waals surface area contributed by atoms with Gasteiger partial charge in [-0.15, -0.1) is 0 Å². The number of nitrogens with zero attached hydrogens (tertiary/aromatic N) is 2. The molecule has 1 aliphatic rings. The van der Waals surface area contributed by atoms with E-state index < -0.39 is 10.0 Å². The minimum Gasteiger partial charge on any atom is -0.348 e. The first-order chi connectivity index (χ1) is 16.4. The van der Waals surface area contributed by atoms with Gasteiger partial charge in [-0.2, -0.15) is 4.31 Å². The number of carbonyl (C=O) groups excluding carboxylic acids is 2. The Bertz CT molecular complexity index is 1240. The third-order valence-corrected chi connectivity index (χ3v) is 7.72. The Morgan fingerprint density at radius 3 is 2.35 bits per heavy atom. The normalized spacial score (nSPS) is 14.9. The van der Waals surface area contributed by atoms with Gasteiger partial charge in [0.2, 0.25) is 15.9 Å². The van der Waals surface area contributed by atoms with E-state index in [4.69, 9.17) is 0 Å². The quantitative estimate of drug-likeness (QED) is 0.543. The van der Waals surface area contributed by atoms with Gasteiger partial charge in [0.1, 0.15) is 0 Å². The van der Waals surface area contributed by atoms with Crippen LogP contribution in [0.25, 0.3) is 0 Å². The number of amides is 2. The van der Waals surface area contributed by atoms with Gasteiger partial charge in [0.05, 0.1) is 16.1 Å². The second kappa shape index (κ2) is 10.6. The van der Waals surface area contributed by atoms with Crippen molar-refractivity contribution in [2.24, 2.45) is 5.92 Å². The molecule has 0 unspecified atom stereocenters. The standard InChI is InChI=1S/C25H26N4O4S/c30-24(20-12-15-29(16-13-20)34(32,33)21-8-2-1-3-9-21)28-23-11-5-4-10-22(23)25(31)27-18-19-7-6-14-26-17-19/h1-11,14,17,20H,12-13,15-16,18H2,(H,27,31)(H,28,30). The lowest BCUT2D eigenvalue weighted by molar-refractivity contribution is -0.120. The van der Waals surface area contributed by atoms with Crippen molar-refractivity contribution in [2.45, 2.75) is 24.3 Å². The highest BCUT2D eigenvalue weighted by atomic mass is 32.2. The van der Waals surface area contributed by atoms with E-state index in [0.29, 0.717) is 30.6 Å². The van der Waals surface area contributed by atoms with E-state index in [0.717, 1.165) is 5.56 Å². The predicted octanol–water partition coefficient (Wildman–Crippen LogP) is 3.05. The van der Waals surface area contributed by atoms with Crippen molar-refractivity contribution in [2.75, 3.05) is 18.4 Å². The van der Waals surface area contributed by atoms with Crippen molar-refractivity contribution < 1.29 is 18.0 Å². The Labute approximate surface area is 199 Å². The maximum atomic E-state index is 12.9. The van der Waals surface area contributed by atoms with Gasteiger partial charge in [0.25, 0.3) is 5.91 Å². The number of hydrogen-bond acceptors (Lipinski definition) is 5. The average Bonchev–Trinajstić information content (AvgIpc) is 2.89. The van der Waals surface area contributed by atoms with Gasteiger partial charge in [-0.05, 0) is 48.7 Å². The molecule has 3 aromatic rings. The summed E-state index contributed by atoms with van der Waals surface area (Å²) in [5.74, 6) is -0.860. The highest BCUT2D eigenvalue weighted by molar-refractivity contribution is 7.89. The minimum absolute atomic E-state index is 0.218. The van der Waals surface area contributed by atoms with Crippen LogP contribution in [0.2, 0.25) is 0 Å². The molecule has 0 atom stereocenters. The fourth-order valence-electron chi connectivity index (χ4n) is 3.91. The summed E-state index contributed by atoms with van der Waals surface area (Å²) < 4.78 is 27.1. The van der Waals surface area contributed by atoms with Crippen molar-refractivity contribution in [1.29, 1.82) is 0 Å². The van der Waals surface area contributed by atoms with Crippen LogP contribution in [0.15, 0.2) is 84.0 Å². The van der Waals surface area contributed by atoms with Crippen LogP contribution in [-0.4, -0.2) is 42.6 Å². The van der Waals surface area contributed by atoms with Crippen LogP contribution in [-0.2, 0) is 21.4 Å². The molecule has 0 spiro atoms. The van der Waals surface area contributed by atoms with E-state index in [1.165, 1.54) is 4.31 Å². The number of pyridine rings is 1. The van der Waals surface area contributed by atoms with Crippen molar-refractivity contribution in [1.82, 2.24) is 14.6 Å². The maximum Gasteiger partial charge on any atom is 0.253 e. The predicted molar refractivity (Wildman–Crippen MR) is 128 cm³/mol. The fraction of sp³-hybridized carbons (Fsp3) is 0.240. The van der Waals surface area contributed by atoms with Crippen LogP contribution in [0.4, 0.5) is 5.69 Å². The van der Waals surface area contributed by atoms with Crippen LogP contribution in [0.3, 0.4) is 0 Å². The Morgan fingerprint density at radius 2 is 1.65 bits per heavy atom. The van der Waals surface area contributed by atoms with Crippen LogP contribution < -0.4 is 10.6 Å². The molecule has 34 heavy (non-hydrogen) atoms. The van der Waals surface area contributed by atoms with Gasteiger partial charge in [-0.3, -0.25) is 14.6 Å². The van der Waals surface area contributed by atoms with Crippen molar-refractivity contribution in [3.8, 4) is 0 Å². The molecule has 4 rings (SSSR count). The summed E-state index contributed by atoms with van der Waals surface area (Å²) in [6, 6.07) is 18.8. The second-order valence-corrected chi connectivity index (χ2v) is 10.0. The van der Waals surface area contributed by atoms with Gasteiger partial charge < -0.3 is 10.6 Å². The van der Waals surface area contributed by atoms with E-state index in [2.05, 4.69) is 15.6 Å². The first-order valence-corrected chi connectivity index (χ1v) is 12.5. The van der Waals surface area contributed by atoms with E-state index in [9.17, 15) is 18.0 Å². The summed E-state index contributed by atoms with van der Waals surface area (Å²) in [6.07, 6.45) is 4.16. The van der Waals surface area contributed by atoms with E-state index >= 15 is 0 Å². The number of hydrogen-bond donors (Lipinski definition) is 2. The number of anilines is 1. The van der Waals surface area contributed by atoms with Crippen LogP contribution in [0.1, 0.15) is 28.8 Å². The number of rotatable bonds is 7. The summed E-state index contributed by atoms with van der Waals surface area (Å²) in [5.41, 5.74) is 1.66. The van der Waals surface area contributed by atoms with Gasteiger partial charge in [-0.25, -0.2) is 8.42 Å². The van der Waals surface area contributed by atoms with Gasteiger partial charge in [-0.1, -0.05) is 36.4 Å². The van der Waals surface area contributed by atoms with Gasteiger partial charge in [0, 0.05) is 37.9 Å². The smallest absolute Gasteiger partial charge is 0.253 e. The summed E-state index contributed by atoms with van der Waals surface area (Å²) in [5, 5.41) is 5.71. The summed E-state index contributed by atoms with van der Waals surface area (Å²) in [4.78, 5) is 29.9. The van der Waals surface area contributed by atoms with Crippen LogP contribution in [0, 0.1) is 5.92 Å². The lowest BCUT2D eigenvalue weighted by Crippen LogP contribution is -2.41. The molecular formula is C25H26N4O4S. The zero-order valence-electron chi connectivity index (χ0n) is 18.6. The van der Waals surface area contributed by atoms with E-state index in [1.54, 1.807) is 73.1 Å². The number of para-hydroxylation sites is 1. The first kappa shape index (κ1) is 23.6. The van der Waals surface area contributed by atoms with Crippen LogP contribution in [0.5, 0.6) is 0 Å². The first-order valence-electron chi connectivity index (χ1n) is 11.1. The van der Waals surface area contributed by atoms with Gasteiger partial charge in [0.15, 0.2) is 0 Å². The number of nitrogens with one attached hydrogen (secondary N) is 2. The summed E-state index contributed by atoms with van der Waals surface area (Å²) in [7, 11) is -3.57. The molecule has 0 bridgehead atoms. The molecule has 2 N–H and O–H groups in total. The number of benzene rings is 2. The number of carbonyl (C=O) groups is 2. The molecule has 1 aliphatic heterocycles. The molecule has 2 amide bonds. The molecule has 1 saturated heterocycles. The van der Waals surface area contributed by atoms with E-state index in [1.807, 2.05) is 6.07 Å². The molecule has 1 aromatic heterocycles. The molecule has 0 aliphatic carbocycles. The third kappa shape index (κ3) is 5.49. The van der Waals surface area contributed by atoms with E-state index in [-0.39, 0.29) is 35.7 Å². The molecule has 2 aromatic carbocycles. The van der Waals surface area contributed by atoms with Crippen molar-refractivity contribution in [3.05, 3.63) is 90.3 Å². The molecule has 9 heteroatoms. The molecule has 1 fully saturated rings. The van der Waals surface area contributed by atoms with Crippen LogP contribution >= 0.6 is 0 Å². The highest BCUT2D eigenvalue weighted by Crippen LogP contribution is 2.25. The largest absolute Gasteiger partial charge is 0.348 e. The lowest BCUT2D eigenvalue weighted by atomic mass is 9.97. The third-order valence-electron chi connectivity index (χ3n) is 5.81. The lowest BCUT2D eigenvalue weighted by Gasteiger charge is -2.30. The molecule has 8 nitrogen and oxygen atoms in total. The number of aromatic nitrogens is 1. The fourth-order valence-corrected chi connectivity index (χ4v) is 5.40. The number of piperidine rings is 1. The van der Waals surface area contributed by atoms with Crippen molar-refractivity contribution >= 4 is 27.5 Å². The molecule has 0 radical (unpaired) electrons. The Kier molecular flexibility index (Phi) is 7.34. The van der Waals surface area contributed by atoms with Gasteiger partial charge >= 0.3 is 0 Å². The molecule has 176 valence electrons. The summed E-state index contributed by atoms with van der Waals surface area (Å²) in [6.45, 7) is 0.856. The molecular weight excluding hydrogens is 452 g/mol. The average molecular weight is 479 g/mol. The summed E-state index contributed by atoms with van der Waals surface area (Å²) >= 11 is 0. The topological polar surface area (TPSA) is 108 Å².